The maximum absolute atomic E-state index is 5.84. The molecule has 100 valence electrons. The Kier molecular flexibility index (Phi) is 4.93. The lowest BCUT2D eigenvalue weighted by Gasteiger charge is -2.11. The zero-order valence-corrected chi connectivity index (χ0v) is 12.7. The molecule has 1 aromatic carbocycles. The van der Waals surface area contributed by atoms with Crippen LogP contribution >= 0.6 is 15.9 Å². The van der Waals surface area contributed by atoms with Crippen LogP contribution in [0.3, 0.4) is 0 Å². The highest BCUT2D eigenvalue weighted by Crippen LogP contribution is 2.25. The molecule has 0 aliphatic carbocycles. The van der Waals surface area contributed by atoms with Gasteiger partial charge in [0.15, 0.2) is 0 Å². The number of aromatic nitrogens is 1. The first-order chi connectivity index (χ1) is 9.19. The molecular weight excluding hydrogens is 304 g/mol. The van der Waals surface area contributed by atoms with Gasteiger partial charge in [-0.05, 0) is 47.6 Å². The van der Waals surface area contributed by atoms with E-state index in [9.17, 15) is 0 Å². The van der Waals surface area contributed by atoms with E-state index in [0.29, 0.717) is 5.88 Å². The molecule has 0 atom stereocenters. The number of rotatable bonds is 5. The van der Waals surface area contributed by atoms with Crippen LogP contribution in [0.25, 0.3) is 0 Å². The second-order valence-corrected chi connectivity index (χ2v) is 5.23. The van der Waals surface area contributed by atoms with Gasteiger partial charge in [-0.3, -0.25) is 0 Å². The van der Waals surface area contributed by atoms with Gasteiger partial charge in [-0.15, -0.1) is 0 Å². The second kappa shape index (κ2) is 6.68. The van der Waals surface area contributed by atoms with Gasteiger partial charge < -0.3 is 10.1 Å². The molecule has 0 fully saturated rings. The Morgan fingerprint density at radius 3 is 2.68 bits per heavy atom. The van der Waals surface area contributed by atoms with Crippen LogP contribution in [0, 0.1) is 6.92 Å². The molecule has 0 aliphatic heterocycles. The molecule has 0 aliphatic rings. The lowest BCUT2D eigenvalue weighted by molar-refractivity contribution is 0.453. The van der Waals surface area contributed by atoms with Gasteiger partial charge in [0.05, 0.1) is 0 Å². The first-order valence-electron chi connectivity index (χ1n) is 6.28. The third-order valence-corrected chi connectivity index (χ3v) is 3.13. The molecule has 0 bridgehead atoms. The Balaban J connectivity index is 2.20. The second-order valence-electron chi connectivity index (χ2n) is 4.31. The van der Waals surface area contributed by atoms with E-state index in [1.54, 1.807) is 6.20 Å². The first kappa shape index (κ1) is 14.0. The van der Waals surface area contributed by atoms with Crippen molar-refractivity contribution < 1.29 is 4.74 Å². The minimum atomic E-state index is 0.646. The van der Waals surface area contributed by atoms with Crippen molar-refractivity contribution in [2.75, 3.05) is 6.54 Å². The third kappa shape index (κ3) is 4.04. The molecule has 0 amide bonds. The first-order valence-corrected chi connectivity index (χ1v) is 7.08. The molecule has 1 aromatic heterocycles. The molecule has 2 aromatic rings. The van der Waals surface area contributed by atoms with E-state index < -0.39 is 0 Å². The highest BCUT2D eigenvalue weighted by atomic mass is 79.9. The summed E-state index contributed by atoms with van der Waals surface area (Å²) in [5.41, 5.74) is 2.25. The van der Waals surface area contributed by atoms with Crippen LogP contribution in [0.5, 0.6) is 11.6 Å². The summed E-state index contributed by atoms with van der Waals surface area (Å²) in [6, 6.07) is 9.99. The fraction of sp³-hybridized carbons (Fsp3) is 0.267. The van der Waals surface area contributed by atoms with Gasteiger partial charge in [0.25, 0.3) is 0 Å². The van der Waals surface area contributed by atoms with Crippen molar-refractivity contribution in [3.8, 4) is 11.6 Å². The number of hydrogen-bond acceptors (Lipinski definition) is 3. The summed E-state index contributed by atoms with van der Waals surface area (Å²) in [7, 11) is 0. The quantitative estimate of drug-likeness (QED) is 0.902. The number of pyridine rings is 1. The largest absolute Gasteiger partial charge is 0.439 e. The molecule has 0 saturated heterocycles. The zero-order valence-electron chi connectivity index (χ0n) is 11.1. The van der Waals surface area contributed by atoms with Gasteiger partial charge in [-0.25, -0.2) is 4.98 Å². The van der Waals surface area contributed by atoms with E-state index in [-0.39, 0.29) is 0 Å². The Hall–Kier alpha value is -1.39. The number of halogens is 1. The molecule has 0 unspecified atom stereocenters. The van der Waals surface area contributed by atoms with Crippen molar-refractivity contribution in [2.24, 2.45) is 0 Å². The summed E-state index contributed by atoms with van der Waals surface area (Å²) in [5, 5.41) is 3.29. The van der Waals surface area contributed by atoms with Crippen LogP contribution in [0.1, 0.15) is 18.1 Å². The molecular formula is C15H17BrN2O. The predicted octanol–water partition coefficient (Wildman–Crippen LogP) is 4.05. The van der Waals surface area contributed by atoms with E-state index >= 15 is 0 Å². The van der Waals surface area contributed by atoms with Crippen LogP contribution in [0.2, 0.25) is 0 Å². The summed E-state index contributed by atoms with van der Waals surface area (Å²) >= 11 is 3.44. The maximum Gasteiger partial charge on any atom is 0.223 e. The van der Waals surface area contributed by atoms with Crippen LogP contribution in [-0.2, 0) is 6.54 Å². The van der Waals surface area contributed by atoms with Crippen LogP contribution in [-0.4, -0.2) is 11.5 Å². The van der Waals surface area contributed by atoms with Gasteiger partial charge in [0.1, 0.15) is 5.75 Å². The molecule has 0 spiro atoms. The molecule has 19 heavy (non-hydrogen) atoms. The fourth-order valence-corrected chi connectivity index (χ4v) is 2.04. The third-order valence-electron chi connectivity index (χ3n) is 2.69. The highest BCUT2D eigenvalue weighted by molar-refractivity contribution is 9.10. The number of nitrogens with zero attached hydrogens (tertiary/aromatic N) is 1. The van der Waals surface area contributed by atoms with Crippen molar-refractivity contribution in [2.45, 2.75) is 20.4 Å². The number of hydrogen-bond donors (Lipinski definition) is 1. The van der Waals surface area contributed by atoms with Gasteiger partial charge in [0.2, 0.25) is 5.88 Å². The van der Waals surface area contributed by atoms with E-state index in [1.807, 2.05) is 30.3 Å². The molecule has 1 heterocycles. The standard InChI is InChI=1S/C15H17BrN2O/c1-3-17-9-12-8-13(16)10-18-15(12)19-14-6-4-11(2)5-7-14/h4-8,10,17H,3,9H2,1-2H3. The lowest BCUT2D eigenvalue weighted by atomic mass is 10.2. The molecule has 0 radical (unpaired) electrons. The topological polar surface area (TPSA) is 34.2 Å². The van der Waals surface area contributed by atoms with Gasteiger partial charge in [-0.1, -0.05) is 24.6 Å². The summed E-state index contributed by atoms with van der Waals surface area (Å²) < 4.78 is 6.80. The van der Waals surface area contributed by atoms with Crippen LogP contribution in [0.15, 0.2) is 41.0 Å². The smallest absolute Gasteiger partial charge is 0.223 e. The SMILES string of the molecule is CCNCc1cc(Br)cnc1Oc1ccc(C)cc1. The molecule has 0 saturated carbocycles. The van der Waals surface area contributed by atoms with Crippen molar-refractivity contribution in [1.82, 2.24) is 10.3 Å². The minimum absolute atomic E-state index is 0.646. The lowest BCUT2D eigenvalue weighted by Crippen LogP contribution is -2.12. The minimum Gasteiger partial charge on any atom is -0.439 e. The number of aryl methyl sites for hydroxylation is 1. The van der Waals surface area contributed by atoms with E-state index in [2.05, 4.69) is 40.1 Å². The van der Waals surface area contributed by atoms with E-state index in [0.717, 1.165) is 28.9 Å². The maximum atomic E-state index is 5.84. The van der Waals surface area contributed by atoms with Gasteiger partial charge >= 0.3 is 0 Å². The Morgan fingerprint density at radius 1 is 1.26 bits per heavy atom. The monoisotopic (exact) mass is 320 g/mol. The summed E-state index contributed by atoms with van der Waals surface area (Å²) in [6.45, 7) is 5.78. The number of ether oxygens (including phenoxy) is 1. The number of nitrogens with one attached hydrogen (secondary N) is 1. The van der Waals surface area contributed by atoms with Crippen molar-refractivity contribution in [1.29, 1.82) is 0 Å². The number of benzene rings is 1. The average molecular weight is 321 g/mol. The van der Waals surface area contributed by atoms with Crippen molar-refractivity contribution in [3.63, 3.8) is 0 Å². The Bertz CT molecular complexity index is 540. The zero-order chi connectivity index (χ0) is 13.7. The predicted molar refractivity (Wildman–Crippen MR) is 80.6 cm³/mol. The summed E-state index contributed by atoms with van der Waals surface area (Å²) in [5.74, 6) is 1.45. The molecule has 3 nitrogen and oxygen atoms in total. The molecule has 1 N–H and O–H groups in total. The van der Waals surface area contributed by atoms with Crippen LogP contribution < -0.4 is 10.1 Å². The molecule has 4 heteroatoms. The highest BCUT2D eigenvalue weighted by Gasteiger charge is 2.07. The summed E-state index contributed by atoms with van der Waals surface area (Å²) in [4.78, 5) is 4.34. The van der Waals surface area contributed by atoms with Gasteiger partial charge in [-0.2, -0.15) is 0 Å². The van der Waals surface area contributed by atoms with Crippen molar-refractivity contribution >= 4 is 15.9 Å². The average Bonchev–Trinajstić information content (AvgIpc) is 2.41. The molecule has 2 rings (SSSR count). The van der Waals surface area contributed by atoms with Crippen molar-refractivity contribution in [3.05, 3.63) is 52.1 Å². The Labute approximate surface area is 122 Å². The normalized spacial score (nSPS) is 10.5. The van der Waals surface area contributed by atoms with E-state index in [4.69, 9.17) is 4.74 Å². The van der Waals surface area contributed by atoms with Gasteiger partial charge in [0, 0.05) is 22.8 Å². The Morgan fingerprint density at radius 2 is 2.00 bits per heavy atom. The fourth-order valence-electron chi connectivity index (χ4n) is 1.66. The van der Waals surface area contributed by atoms with E-state index in [1.165, 1.54) is 5.56 Å². The van der Waals surface area contributed by atoms with Crippen LogP contribution in [0.4, 0.5) is 0 Å². The summed E-state index contributed by atoms with van der Waals surface area (Å²) in [6.07, 6.45) is 1.75.